The van der Waals surface area contributed by atoms with Crippen LogP contribution >= 0.6 is 15.9 Å². The highest BCUT2D eigenvalue weighted by Gasteiger charge is 2.02. The van der Waals surface area contributed by atoms with E-state index in [1.54, 1.807) is 12.3 Å². The van der Waals surface area contributed by atoms with E-state index >= 15 is 0 Å². The molecule has 0 fully saturated rings. The summed E-state index contributed by atoms with van der Waals surface area (Å²) in [7, 11) is 0. The van der Waals surface area contributed by atoms with E-state index in [0.29, 0.717) is 0 Å². The van der Waals surface area contributed by atoms with Crippen LogP contribution in [0.4, 0.5) is 10.2 Å². The first-order valence-electron chi connectivity index (χ1n) is 6.17. The van der Waals surface area contributed by atoms with Crippen molar-refractivity contribution in [3.63, 3.8) is 0 Å². The maximum absolute atomic E-state index is 13.0. The van der Waals surface area contributed by atoms with E-state index < -0.39 is 0 Å². The Balaban J connectivity index is 1.96. The Morgan fingerprint density at radius 2 is 2.00 bits per heavy atom. The molecule has 0 unspecified atom stereocenters. The Bertz CT molecular complexity index is 533. The summed E-state index contributed by atoms with van der Waals surface area (Å²) in [5, 5.41) is 3.30. The van der Waals surface area contributed by atoms with E-state index in [9.17, 15) is 4.39 Å². The molecule has 4 heteroatoms. The van der Waals surface area contributed by atoms with Crippen LogP contribution in [0, 0.1) is 19.7 Å². The van der Waals surface area contributed by atoms with Crippen molar-refractivity contribution in [2.75, 3.05) is 11.9 Å². The molecule has 100 valence electrons. The Labute approximate surface area is 121 Å². The molecule has 0 radical (unpaired) electrons. The number of aryl methyl sites for hydroxylation is 2. The van der Waals surface area contributed by atoms with Gasteiger partial charge in [-0.2, -0.15) is 0 Å². The molecule has 0 bridgehead atoms. The average molecular weight is 323 g/mol. The van der Waals surface area contributed by atoms with E-state index in [4.69, 9.17) is 0 Å². The lowest BCUT2D eigenvalue weighted by atomic mass is 10.1. The van der Waals surface area contributed by atoms with Gasteiger partial charge in [0.25, 0.3) is 0 Å². The SMILES string of the molecule is Cc1cc(F)ccc1CCNc1ncc(Br)cc1C. The van der Waals surface area contributed by atoms with Gasteiger partial charge in [-0.15, -0.1) is 0 Å². The number of pyridine rings is 1. The van der Waals surface area contributed by atoms with Gasteiger partial charge in [0, 0.05) is 17.2 Å². The number of benzene rings is 1. The van der Waals surface area contributed by atoms with Crippen LogP contribution in [0.5, 0.6) is 0 Å². The van der Waals surface area contributed by atoms with Crippen molar-refractivity contribution < 1.29 is 4.39 Å². The minimum absolute atomic E-state index is 0.181. The van der Waals surface area contributed by atoms with Crippen LogP contribution in [0.25, 0.3) is 0 Å². The van der Waals surface area contributed by atoms with Crippen molar-refractivity contribution in [3.8, 4) is 0 Å². The van der Waals surface area contributed by atoms with Crippen molar-refractivity contribution in [3.05, 3.63) is 57.4 Å². The molecular weight excluding hydrogens is 307 g/mol. The molecular formula is C15H16BrFN2. The van der Waals surface area contributed by atoms with Crippen molar-refractivity contribution in [2.45, 2.75) is 20.3 Å². The molecule has 0 amide bonds. The summed E-state index contributed by atoms with van der Waals surface area (Å²) >= 11 is 3.39. The van der Waals surface area contributed by atoms with Gasteiger partial charge in [-0.25, -0.2) is 9.37 Å². The zero-order valence-electron chi connectivity index (χ0n) is 11.0. The normalized spacial score (nSPS) is 10.5. The van der Waals surface area contributed by atoms with E-state index in [2.05, 4.69) is 26.2 Å². The Kier molecular flexibility index (Phi) is 4.53. The largest absolute Gasteiger partial charge is 0.370 e. The molecule has 0 atom stereocenters. The van der Waals surface area contributed by atoms with Crippen LogP contribution in [0.3, 0.4) is 0 Å². The minimum atomic E-state index is -0.181. The van der Waals surface area contributed by atoms with Gasteiger partial charge in [-0.3, -0.25) is 0 Å². The van der Waals surface area contributed by atoms with Gasteiger partial charge in [0.15, 0.2) is 0 Å². The number of hydrogen-bond acceptors (Lipinski definition) is 2. The standard InChI is InChI=1S/C15H16BrFN2/c1-10-8-14(17)4-3-12(10)5-6-18-15-11(2)7-13(16)9-19-15/h3-4,7-9H,5-6H2,1-2H3,(H,18,19). The highest BCUT2D eigenvalue weighted by atomic mass is 79.9. The van der Waals surface area contributed by atoms with Crippen LogP contribution in [0.1, 0.15) is 16.7 Å². The summed E-state index contributed by atoms with van der Waals surface area (Å²) in [5.74, 6) is 0.711. The molecule has 0 saturated carbocycles. The van der Waals surface area contributed by atoms with Crippen LogP contribution in [-0.4, -0.2) is 11.5 Å². The predicted octanol–water partition coefficient (Wildman–Crippen LogP) is 4.25. The molecule has 0 aliphatic carbocycles. The number of hydrogen-bond donors (Lipinski definition) is 1. The Morgan fingerprint density at radius 1 is 1.21 bits per heavy atom. The molecule has 1 N–H and O–H groups in total. The predicted molar refractivity (Wildman–Crippen MR) is 80.0 cm³/mol. The second-order valence-corrected chi connectivity index (χ2v) is 5.48. The quantitative estimate of drug-likeness (QED) is 0.910. The second kappa shape index (κ2) is 6.15. The minimum Gasteiger partial charge on any atom is -0.370 e. The summed E-state index contributed by atoms with van der Waals surface area (Å²) in [6.45, 7) is 4.73. The smallest absolute Gasteiger partial charge is 0.128 e. The maximum atomic E-state index is 13.0. The molecule has 2 rings (SSSR count). The summed E-state index contributed by atoms with van der Waals surface area (Å²) in [6, 6.07) is 6.94. The van der Waals surface area contributed by atoms with Gasteiger partial charge in [-0.05, 0) is 71.1 Å². The maximum Gasteiger partial charge on any atom is 0.128 e. The monoisotopic (exact) mass is 322 g/mol. The first kappa shape index (κ1) is 14.0. The Morgan fingerprint density at radius 3 is 2.68 bits per heavy atom. The van der Waals surface area contributed by atoms with Crippen molar-refractivity contribution in [2.24, 2.45) is 0 Å². The molecule has 19 heavy (non-hydrogen) atoms. The molecule has 2 aromatic rings. The molecule has 2 nitrogen and oxygen atoms in total. The summed E-state index contributed by atoms with van der Waals surface area (Å²) in [4.78, 5) is 4.33. The van der Waals surface area contributed by atoms with Crippen molar-refractivity contribution >= 4 is 21.7 Å². The molecule has 0 aliphatic heterocycles. The van der Waals surface area contributed by atoms with E-state index in [1.807, 2.05) is 26.0 Å². The molecule has 1 aromatic carbocycles. The van der Waals surface area contributed by atoms with Crippen molar-refractivity contribution in [1.82, 2.24) is 4.98 Å². The third-order valence-electron chi connectivity index (χ3n) is 3.04. The fourth-order valence-electron chi connectivity index (χ4n) is 1.98. The molecule has 1 heterocycles. The van der Waals surface area contributed by atoms with Gasteiger partial charge in [0.2, 0.25) is 0 Å². The van der Waals surface area contributed by atoms with E-state index in [1.165, 1.54) is 6.07 Å². The van der Waals surface area contributed by atoms with Gasteiger partial charge >= 0.3 is 0 Å². The third-order valence-corrected chi connectivity index (χ3v) is 3.47. The van der Waals surface area contributed by atoms with Gasteiger partial charge < -0.3 is 5.32 Å². The van der Waals surface area contributed by atoms with Crippen LogP contribution in [0.2, 0.25) is 0 Å². The average Bonchev–Trinajstić information content (AvgIpc) is 2.34. The number of nitrogens with zero attached hydrogens (tertiary/aromatic N) is 1. The lowest BCUT2D eigenvalue weighted by Gasteiger charge is -2.10. The van der Waals surface area contributed by atoms with E-state index in [-0.39, 0.29) is 5.82 Å². The number of halogens is 2. The molecule has 1 aromatic heterocycles. The summed E-state index contributed by atoms with van der Waals surface area (Å²) < 4.78 is 14.0. The highest BCUT2D eigenvalue weighted by Crippen LogP contribution is 2.17. The number of anilines is 1. The fraction of sp³-hybridized carbons (Fsp3) is 0.267. The van der Waals surface area contributed by atoms with Gasteiger partial charge in [0.1, 0.15) is 11.6 Å². The molecule has 0 spiro atoms. The Hall–Kier alpha value is -1.42. The first-order chi connectivity index (χ1) is 9.06. The fourth-order valence-corrected chi connectivity index (χ4v) is 2.43. The number of nitrogens with one attached hydrogen (secondary N) is 1. The lowest BCUT2D eigenvalue weighted by molar-refractivity contribution is 0.625. The summed E-state index contributed by atoms with van der Waals surface area (Å²) in [5.41, 5.74) is 3.25. The van der Waals surface area contributed by atoms with Gasteiger partial charge in [0.05, 0.1) is 0 Å². The second-order valence-electron chi connectivity index (χ2n) is 4.57. The van der Waals surface area contributed by atoms with Crippen molar-refractivity contribution in [1.29, 1.82) is 0 Å². The molecule has 0 saturated heterocycles. The highest BCUT2D eigenvalue weighted by molar-refractivity contribution is 9.10. The van der Waals surface area contributed by atoms with Crippen LogP contribution < -0.4 is 5.32 Å². The zero-order chi connectivity index (χ0) is 13.8. The first-order valence-corrected chi connectivity index (χ1v) is 6.96. The number of aromatic nitrogens is 1. The zero-order valence-corrected chi connectivity index (χ0v) is 12.6. The molecule has 0 aliphatic rings. The topological polar surface area (TPSA) is 24.9 Å². The third kappa shape index (κ3) is 3.77. The lowest BCUT2D eigenvalue weighted by Crippen LogP contribution is -2.08. The van der Waals surface area contributed by atoms with Gasteiger partial charge in [-0.1, -0.05) is 6.07 Å². The van der Waals surface area contributed by atoms with Crippen LogP contribution in [0.15, 0.2) is 34.9 Å². The van der Waals surface area contributed by atoms with Crippen LogP contribution in [-0.2, 0) is 6.42 Å². The summed E-state index contributed by atoms with van der Waals surface area (Å²) in [6.07, 6.45) is 2.63. The number of rotatable bonds is 4. The van der Waals surface area contributed by atoms with E-state index in [0.717, 1.165) is 39.9 Å².